The SMILES string of the molecule is C=CCC(=O)NC(=O)c1ccnc([N+](=O)[O-])c1. The van der Waals surface area contributed by atoms with E-state index in [1.807, 2.05) is 0 Å². The van der Waals surface area contributed by atoms with E-state index in [0.29, 0.717) is 0 Å². The van der Waals surface area contributed by atoms with Gasteiger partial charge in [0.2, 0.25) is 5.91 Å². The van der Waals surface area contributed by atoms with Crippen molar-refractivity contribution in [3.8, 4) is 0 Å². The average molecular weight is 235 g/mol. The number of aromatic nitrogens is 1. The Labute approximate surface area is 96.3 Å². The van der Waals surface area contributed by atoms with Crippen LogP contribution in [0.25, 0.3) is 0 Å². The normalized spacial score (nSPS) is 9.41. The molecule has 1 aromatic heterocycles. The van der Waals surface area contributed by atoms with Crippen molar-refractivity contribution in [1.29, 1.82) is 0 Å². The molecule has 1 rings (SSSR count). The smallest absolute Gasteiger partial charge is 0.358 e. The fraction of sp³-hybridized carbons (Fsp3) is 0.100. The van der Waals surface area contributed by atoms with Crippen LogP contribution in [0.3, 0.4) is 0 Å². The molecule has 0 spiro atoms. The molecule has 1 N–H and O–H groups in total. The lowest BCUT2D eigenvalue weighted by atomic mass is 10.2. The molecule has 7 nitrogen and oxygen atoms in total. The van der Waals surface area contributed by atoms with Crippen LogP contribution in [-0.2, 0) is 4.79 Å². The Kier molecular flexibility index (Phi) is 4.04. The van der Waals surface area contributed by atoms with Gasteiger partial charge in [-0.15, -0.1) is 6.58 Å². The van der Waals surface area contributed by atoms with Crippen LogP contribution in [0.1, 0.15) is 16.8 Å². The fourth-order valence-electron chi connectivity index (χ4n) is 1.04. The molecule has 0 aliphatic heterocycles. The first-order valence-electron chi connectivity index (χ1n) is 4.60. The second kappa shape index (κ2) is 5.50. The van der Waals surface area contributed by atoms with Gasteiger partial charge in [0.25, 0.3) is 5.91 Å². The fourth-order valence-corrected chi connectivity index (χ4v) is 1.04. The third-order valence-corrected chi connectivity index (χ3v) is 1.78. The Hall–Kier alpha value is -2.57. The van der Waals surface area contributed by atoms with Gasteiger partial charge in [-0.05, 0) is 16.0 Å². The van der Waals surface area contributed by atoms with E-state index in [-0.39, 0.29) is 12.0 Å². The lowest BCUT2D eigenvalue weighted by Gasteiger charge is -2.01. The van der Waals surface area contributed by atoms with Crippen LogP contribution in [0.4, 0.5) is 5.82 Å². The van der Waals surface area contributed by atoms with Gasteiger partial charge in [-0.1, -0.05) is 6.08 Å². The van der Waals surface area contributed by atoms with Crippen LogP contribution >= 0.6 is 0 Å². The van der Waals surface area contributed by atoms with Gasteiger partial charge in [0.1, 0.15) is 6.20 Å². The summed E-state index contributed by atoms with van der Waals surface area (Å²) in [7, 11) is 0. The zero-order chi connectivity index (χ0) is 12.8. The van der Waals surface area contributed by atoms with Crippen molar-refractivity contribution < 1.29 is 14.5 Å². The number of carbonyl (C=O) groups excluding carboxylic acids is 2. The average Bonchev–Trinajstić information content (AvgIpc) is 2.29. The molecule has 0 bridgehead atoms. The summed E-state index contributed by atoms with van der Waals surface area (Å²) < 4.78 is 0. The number of nitrogens with zero attached hydrogens (tertiary/aromatic N) is 2. The Morgan fingerprint density at radius 2 is 2.29 bits per heavy atom. The predicted octanol–water partition coefficient (Wildman–Crippen LogP) is 0.822. The number of nitro groups is 1. The van der Waals surface area contributed by atoms with Crippen LogP contribution in [0.15, 0.2) is 31.0 Å². The summed E-state index contributed by atoms with van der Waals surface area (Å²) in [6.45, 7) is 3.35. The monoisotopic (exact) mass is 235 g/mol. The highest BCUT2D eigenvalue weighted by Crippen LogP contribution is 2.08. The number of rotatable bonds is 4. The summed E-state index contributed by atoms with van der Waals surface area (Å²) in [6.07, 6.45) is 2.47. The standard InChI is InChI=1S/C10H9N3O4/c1-2-3-9(14)12-10(15)7-4-5-11-8(6-7)13(16)17/h2,4-6H,1,3H2,(H,12,14,15). The number of pyridine rings is 1. The topological polar surface area (TPSA) is 102 Å². The van der Waals surface area contributed by atoms with E-state index in [2.05, 4.69) is 16.9 Å². The summed E-state index contributed by atoms with van der Waals surface area (Å²) in [5, 5.41) is 12.5. The van der Waals surface area contributed by atoms with Gasteiger partial charge in [0.15, 0.2) is 0 Å². The Balaban J connectivity index is 2.82. The minimum atomic E-state index is -0.720. The highest BCUT2D eigenvalue weighted by molar-refractivity contribution is 6.05. The number of amides is 2. The highest BCUT2D eigenvalue weighted by Gasteiger charge is 2.14. The zero-order valence-electron chi connectivity index (χ0n) is 8.75. The van der Waals surface area contributed by atoms with Gasteiger partial charge in [-0.2, -0.15) is 0 Å². The Morgan fingerprint density at radius 1 is 1.59 bits per heavy atom. The lowest BCUT2D eigenvalue weighted by molar-refractivity contribution is -0.389. The second-order valence-corrected chi connectivity index (χ2v) is 3.03. The van der Waals surface area contributed by atoms with E-state index < -0.39 is 22.6 Å². The maximum absolute atomic E-state index is 11.5. The van der Waals surface area contributed by atoms with E-state index in [4.69, 9.17) is 0 Å². The molecule has 0 saturated heterocycles. The molecule has 0 radical (unpaired) electrons. The third-order valence-electron chi connectivity index (χ3n) is 1.78. The van der Waals surface area contributed by atoms with Crippen molar-refractivity contribution >= 4 is 17.6 Å². The molecule has 1 heterocycles. The molecule has 0 aliphatic rings. The quantitative estimate of drug-likeness (QED) is 0.473. The van der Waals surface area contributed by atoms with E-state index >= 15 is 0 Å². The van der Waals surface area contributed by atoms with E-state index in [9.17, 15) is 19.7 Å². The maximum atomic E-state index is 11.5. The first kappa shape index (κ1) is 12.5. The molecule has 0 aliphatic carbocycles. The predicted molar refractivity (Wildman–Crippen MR) is 58.2 cm³/mol. The lowest BCUT2D eigenvalue weighted by Crippen LogP contribution is -2.29. The van der Waals surface area contributed by atoms with Crippen molar-refractivity contribution in [1.82, 2.24) is 10.3 Å². The van der Waals surface area contributed by atoms with Crippen LogP contribution in [-0.4, -0.2) is 21.7 Å². The van der Waals surface area contributed by atoms with Gasteiger partial charge in [-0.3, -0.25) is 14.9 Å². The molecule has 1 aromatic rings. The molecule has 2 amide bonds. The van der Waals surface area contributed by atoms with Crippen molar-refractivity contribution in [2.24, 2.45) is 0 Å². The van der Waals surface area contributed by atoms with Gasteiger partial charge < -0.3 is 10.1 Å². The number of hydrogen-bond donors (Lipinski definition) is 1. The van der Waals surface area contributed by atoms with E-state index in [1.54, 1.807) is 0 Å². The van der Waals surface area contributed by atoms with Gasteiger partial charge in [-0.25, -0.2) is 0 Å². The largest absolute Gasteiger partial charge is 0.364 e. The molecule has 0 saturated carbocycles. The number of nitrogens with one attached hydrogen (secondary N) is 1. The first-order valence-corrected chi connectivity index (χ1v) is 4.60. The first-order chi connectivity index (χ1) is 8.04. The Morgan fingerprint density at radius 3 is 2.88 bits per heavy atom. The van der Waals surface area contributed by atoms with Gasteiger partial charge in [0, 0.05) is 12.5 Å². The molecule has 17 heavy (non-hydrogen) atoms. The molecule has 0 aromatic carbocycles. The van der Waals surface area contributed by atoms with Crippen molar-refractivity contribution in [3.05, 3.63) is 46.7 Å². The zero-order valence-corrected chi connectivity index (χ0v) is 8.75. The van der Waals surface area contributed by atoms with Crippen LogP contribution < -0.4 is 5.32 Å². The molecular weight excluding hydrogens is 226 g/mol. The molecule has 7 heteroatoms. The van der Waals surface area contributed by atoms with Gasteiger partial charge >= 0.3 is 5.82 Å². The van der Waals surface area contributed by atoms with Crippen molar-refractivity contribution in [3.63, 3.8) is 0 Å². The molecule has 0 unspecified atom stereocenters. The second-order valence-electron chi connectivity index (χ2n) is 3.03. The van der Waals surface area contributed by atoms with Crippen molar-refractivity contribution in [2.75, 3.05) is 0 Å². The molecule has 88 valence electrons. The molecule has 0 fully saturated rings. The minimum Gasteiger partial charge on any atom is -0.358 e. The maximum Gasteiger partial charge on any atom is 0.364 e. The number of hydrogen-bond acceptors (Lipinski definition) is 5. The summed E-state index contributed by atoms with van der Waals surface area (Å²) in [6, 6.07) is 2.28. The molecular formula is C10H9N3O4. The van der Waals surface area contributed by atoms with Gasteiger partial charge in [0.05, 0.1) is 5.56 Å². The van der Waals surface area contributed by atoms with Crippen LogP contribution in [0, 0.1) is 10.1 Å². The summed E-state index contributed by atoms with van der Waals surface area (Å²) >= 11 is 0. The van der Waals surface area contributed by atoms with E-state index in [1.165, 1.54) is 12.1 Å². The summed E-state index contributed by atoms with van der Waals surface area (Å²) in [5.41, 5.74) is 0.00381. The number of imide groups is 1. The number of carbonyl (C=O) groups is 2. The third kappa shape index (κ3) is 3.49. The van der Waals surface area contributed by atoms with Crippen LogP contribution in [0.5, 0.6) is 0 Å². The molecule has 0 atom stereocenters. The highest BCUT2D eigenvalue weighted by atomic mass is 16.6. The summed E-state index contributed by atoms with van der Waals surface area (Å²) in [5.74, 6) is -1.68. The van der Waals surface area contributed by atoms with E-state index in [0.717, 1.165) is 12.3 Å². The summed E-state index contributed by atoms with van der Waals surface area (Å²) in [4.78, 5) is 35.7. The van der Waals surface area contributed by atoms with Crippen LogP contribution in [0.2, 0.25) is 0 Å². The van der Waals surface area contributed by atoms with Crippen molar-refractivity contribution in [2.45, 2.75) is 6.42 Å². The Bertz CT molecular complexity index is 484. The minimum absolute atomic E-state index is 0.00107.